The molecule has 24 heavy (non-hydrogen) atoms. The summed E-state index contributed by atoms with van der Waals surface area (Å²) in [6.07, 6.45) is 10.5. The number of fused-ring (bicyclic) bond motifs is 7. The van der Waals surface area contributed by atoms with Gasteiger partial charge in [-0.3, -0.25) is 0 Å². The smallest absolute Gasteiger partial charge is 0.0575 e. The van der Waals surface area contributed by atoms with Crippen LogP contribution in [-0.2, 0) is 5.41 Å². The average Bonchev–Trinajstić information content (AvgIpc) is 2.86. The van der Waals surface area contributed by atoms with Crippen molar-refractivity contribution in [2.75, 3.05) is 0 Å². The van der Waals surface area contributed by atoms with Gasteiger partial charge in [-0.25, -0.2) is 0 Å². The highest BCUT2D eigenvalue weighted by atomic mass is 14.4. The van der Waals surface area contributed by atoms with Gasteiger partial charge in [0.05, 0.1) is 5.41 Å². The molecule has 116 valence electrons. The van der Waals surface area contributed by atoms with Gasteiger partial charge in [0.2, 0.25) is 0 Å². The Morgan fingerprint density at radius 1 is 0.792 bits per heavy atom. The van der Waals surface area contributed by atoms with E-state index in [-0.39, 0.29) is 5.41 Å². The van der Waals surface area contributed by atoms with Crippen LogP contribution in [0.3, 0.4) is 0 Å². The third-order valence-corrected chi connectivity index (χ3v) is 5.62. The SMILES string of the molecule is Cc1ccc2c(c1)C1(C=CCC=C1)c1cc(C)c3ccccc3c1-2. The van der Waals surface area contributed by atoms with Crippen LogP contribution in [0.25, 0.3) is 21.9 Å². The minimum absolute atomic E-state index is 0.0935. The molecular weight excluding hydrogens is 288 g/mol. The fourth-order valence-corrected chi connectivity index (χ4v) is 4.54. The molecule has 0 nitrogen and oxygen atoms in total. The van der Waals surface area contributed by atoms with E-state index in [0.717, 1.165) is 6.42 Å². The van der Waals surface area contributed by atoms with E-state index in [1.165, 1.54) is 44.2 Å². The summed E-state index contributed by atoms with van der Waals surface area (Å²) < 4.78 is 0. The number of hydrogen-bond acceptors (Lipinski definition) is 0. The minimum atomic E-state index is -0.0935. The van der Waals surface area contributed by atoms with Crippen molar-refractivity contribution in [2.24, 2.45) is 0 Å². The Labute approximate surface area is 143 Å². The van der Waals surface area contributed by atoms with E-state index in [1.54, 1.807) is 0 Å². The van der Waals surface area contributed by atoms with Crippen LogP contribution in [0.5, 0.6) is 0 Å². The van der Waals surface area contributed by atoms with Crippen LogP contribution in [0, 0.1) is 13.8 Å². The summed E-state index contributed by atoms with van der Waals surface area (Å²) >= 11 is 0. The fraction of sp³-hybridized carbons (Fsp3) is 0.167. The van der Waals surface area contributed by atoms with Crippen LogP contribution >= 0.6 is 0 Å². The molecule has 0 amide bonds. The summed E-state index contributed by atoms with van der Waals surface area (Å²) in [6.45, 7) is 4.43. The molecular formula is C24H20. The highest BCUT2D eigenvalue weighted by Gasteiger charge is 2.41. The lowest BCUT2D eigenvalue weighted by molar-refractivity contribution is 0.821. The zero-order valence-corrected chi connectivity index (χ0v) is 14.1. The molecule has 0 heteroatoms. The van der Waals surface area contributed by atoms with E-state index in [2.05, 4.69) is 86.7 Å². The summed E-state index contributed by atoms with van der Waals surface area (Å²) in [5, 5.41) is 2.74. The predicted molar refractivity (Wildman–Crippen MR) is 103 cm³/mol. The molecule has 0 atom stereocenters. The summed E-state index contributed by atoms with van der Waals surface area (Å²) in [5.74, 6) is 0. The molecule has 0 radical (unpaired) electrons. The van der Waals surface area contributed by atoms with E-state index >= 15 is 0 Å². The van der Waals surface area contributed by atoms with Crippen molar-refractivity contribution in [1.82, 2.24) is 0 Å². The van der Waals surface area contributed by atoms with Crippen molar-refractivity contribution >= 4 is 10.8 Å². The molecule has 0 N–H and O–H groups in total. The van der Waals surface area contributed by atoms with E-state index in [4.69, 9.17) is 0 Å². The largest absolute Gasteiger partial charge is 0.0832 e. The molecule has 3 aromatic rings. The molecule has 0 saturated heterocycles. The number of aryl methyl sites for hydroxylation is 2. The van der Waals surface area contributed by atoms with Gasteiger partial charge in [-0.15, -0.1) is 0 Å². The first kappa shape index (κ1) is 13.8. The van der Waals surface area contributed by atoms with Crippen LogP contribution in [-0.4, -0.2) is 0 Å². The monoisotopic (exact) mass is 308 g/mol. The number of allylic oxidation sites excluding steroid dienone is 4. The van der Waals surface area contributed by atoms with Gasteiger partial charge in [0.1, 0.15) is 0 Å². The molecule has 2 aliphatic carbocycles. The van der Waals surface area contributed by atoms with Crippen LogP contribution in [0.2, 0.25) is 0 Å². The van der Waals surface area contributed by atoms with Gasteiger partial charge in [-0.05, 0) is 58.9 Å². The Morgan fingerprint density at radius 2 is 1.54 bits per heavy atom. The molecule has 1 spiro atoms. The molecule has 2 aliphatic rings. The second-order valence-electron chi connectivity index (χ2n) is 7.12. The topological polar surface area (TPSA) is 0 Å². The maximum Gasteiger partial charge on any atom is 0.0575 e. The highest BCUT2D eigenvalue weighted by Crippen LogP contribution is 2.54. The predicted octanol–water partition coefficient (Wildman–Crippen LogP) is 6.24. The van der Waals surface area contributed by atoms with E-state index in [9.17, 15) is 0 Å². The maximum atomic E-state index is 2.41. The number of rotatable bonds is 0. The molecule has 3 aromatic carbocycles. The minimum Gasteiger partial charge on any atom is -0.0832 e. The molecule has 0 bridgehead atoms. The van der Waals surface area contributed by atoms with Crippen molar-refractivity contribution in [2.45, 2.75) is 25.7 Å². The van der Waals surface area contributed by atoms with Crippen molar-refractivity contribution < 1.29 is 0 Å². The Kier molecular flexibility index (Phi) is 2.71. The van der Waals surface area contributed by atoms with Crippen molar-refractivity contribution in [3.05, 3.63) is 95.1 Å². The molecule has 5 rings (SSSR count). The molecule has 0 aromatic heterocycles. The second kappa shape index (κ2) is 4.70. The number of hydrogen-bond donors (Lipinski definition) is 0. The van der Waals surface area contributed by atoms with Gasteiger partial charge < -0.3 is 0 Å². The van der Waals surface area contributed by atoms with Gasteiger partial charge in [0.15, 0.2) is 0 Å². The van der Waals surface area contributed by atoms with E-state index in [1.807, 2.05) is 0 Å². The van der Waals surface area contributed by atoms with Crippen molar-refractivity contribution in [1.29, 1.82) is 0 Å². The molecule has 0 unspecified atom stereocenters. The average molecular weight is 308 g/mol. The van der Waals surface area contributed by atoms with Gasteiger partial charge in [0.25, 0.3) is 0 Å². The van der Waals surface area contributed by atoms with Crippen molar-refractivity contribution in [3.8, 4) is 11.1 Å². The zero-order chi connectivity index (χ0) is 16.3. The first-order chi connectivity index (χ1) is 11.7. The third-order valence-electron chi connectivity index (χ3n) is 5.62. The normalized spacial score (nSPS) is 16.6. The lowest BCUT2D eigenvalue weighted by Crippen LogP contribution is -2.21. The lowest BCUT2D eigenvalue weighted by Gasteiger charge is -2.28. The molecule has 0 aliphatic heterocycles. The van der Waals surface area contributed by atoms with E-state index in [0.29, 0.717) is 0 Å². The Morgan fingerprint density at radius 3 is 2.33 bits per heavy atom. The summed E-state index contributed by atoms with van der Waals surface area (Å²) in [7, 11) is 0. The van der Waals surface area contributed by atoms with Gasteiger partial charge in [-0.1, -0.05) is 78.4 Å². The molecule has 0 heterocycles. The van der Waals surface area contributed by atoms with Gasteiger partial charge in [-0.2, -0.15) is 0 Å². The fourth-order valence-electron chi connectivity index (χ4n) is 4.54. The molecule has 0 saturated carbocycles. The summed E-state index contributed by atoms with van der Waals surface area (Å²) in [5.41, 5.74) is 8.27. The zero-order valence-electron chi connectivity index (χ0n) is 14.1. The van der Waals surface area contributed by atoms with Crippen LogP contribution in [0.4, 0.5) is 0 Å². The highest BCUT2D eigenvalue weighted by molar-refractivity contribution is 6.04. The summed E-state index contributed by atoms with van der Waals surface area (Å²) in [6, 6.07) is 18.2. The van der Waals surface area contributed by atoms with Gasteiger partial charge >= 0.3 is 0 Å². The number of benzene rings is 3. The van der Waals surface area contributed by atoms with Crippen LogP contribution in [0.15, 0.2) is 72.8 Å². The lowest BCUT2D eigenvalue weighted by atomic mass is 9.74. The van der Waals surface area contributed by atoms with Gasteiger partial charge in [0, 0.05) is 0 Å². The molecule has 0 fully saturated rings. The quantitative estimate of drug-likeness (QED) is 0.431. The third kappa shape index (κ3) is 1.63. The van der Waals surface area contributed by atoms with Crippen molar-refractivity contribution in [3.63, 3.8) is 0 Å². The van der Waals surface area contributed by atoms with Crippen LogP contribution < -0.4 is 0 Å². The standard InChI is InChI=1S/C24H20/c1-16-10-11-20-21(14-16)24(12-6-3-7-13-24)22-15-17(2)18-8-4-5-9-19(18)23(20)22/h4-15H,3H2,1-2H3. The van der Waals surface area contributed by atoms with E-state index < -0.39 is 0 Å². The Balaban J connectivity index is 2.00. The summed E-state index contributed by atoms with van der Waals surface area (Å²) in [4.78, 5) is 0. The van der Waals surface area contributed by atoms with Crippen LogP contribution in [0.1, 0.15) is 28.7 Å². The Bertz CT molecular complexity index is 1040. The second-order valence-corrected chi connectivity index (χ2v) is 7.12. The first-order valence-electron chi connectivity index (χ1n) is 8.70. The Hall–Kier alpha value is -2.60. The maximum absolute atomic E-state index is 2.41. The first-order valence-corrected chi connectivity index (χ1v) is 8.70.